The summed E-state index contributed by atoms with van der Waals surface area (Å²) in [6.45, 7) is 8.73. The van der Waals surface area contributed by atoms with Crippen LogP contribution in [-0.2, 0) is 10.2 Å². The van der Waals surface area contributed by atoms with Crippen LogP contribution in [0.2, 0.25) is 0 Å². The molecule has 0 saturated carbocycles. The molecule has 1 atom stereocenters. The van der Waals surface area contributed by atoms with E-state index in [1.54, 1.807) is 12.1 Å². The number of hydrogen-bond acceptors (Lipinski definition) is 2. The third kappa shape index (κ3) is 3.56. The average molecular weight is 333 g/mol. The van der Waals surface area contributed by atoms with E-state index in [-0.39, 0.29) is 11.2 Å². The van der Waals surface area contributed by atoms with E-state index in [2.05, 4.69) is 29.1 Å². The molecular weight excluding hydrogens is 305 g/mol. The summed E-state index contributed by atoms with van der Waals surface area (Å²) in [5.74, 6) is 0.746. The Hall–Kier alpha value is -1.62. The van der Waals surface area contributed by atoms with Crippen LogP contribution in [0.4, 0.5) is 4.39 Å². The fourth-order valence-corrected chi connectivity index (χ4v) is 3.73. The third-order valence-corrected chi connectivity index (χ3v) is 5.43. The summed E-state index contributed by atoms with van der Waals surface area (Å²) >= 11 is 0. The largest absolute Gasteiger partial charge is 0.381 e. The first-order chi connectivity index (χ1) is 11.4. The summed E-state index contributed by atoms with van der Waals surface area (Å²) in [4.78, 5) is 6.79. The van der Waals surface area contributed by atoms with E-state index in [1.165, 1.54) is 12.5 Å². The second kappa shape index (κ2) is 6.71. The van der Waals surface area contributed by atoms with Crippen LogP contribution in [0.1, 0.15) is 32.3 Å². The predicted molar refractivity (Wildman–Crippen MR) is 94.8 cm³/mol. The first kappa shape index (κ1) is 17.2. The van der Waals surface area contributed by atoms with Crippen molar-refractivity contribution in [3.05, 3.63) is 35.6 Å². The maximum atomic E-state index is 13.5. The Balaban J connectivity index is 1.62. The molecule has 0 aromatic heterocycles. The number of benzene rings is 1. The number of aliphatic imine (C=N–C) groups is 1. The summed E-state index contributed by atoms with van der Waals surface area (Å²) in [5.41, 5.74) is 1.13. The van der Waals surface area contributed by atoms with Crippen molar-refractivity contribution in [2.45, 2.75) is 32.1 Å². The van der Waals surface area contributed by atoms with E-state index in [9.17, 15) is 4.39 Å². The van der Waals surface area contributed by atoms with Crippen LogP contribution in [0.5, 0.6) is 0 Å². The minimum Gasteiger partial charge on any atom is -0.381 e. The van der Waals surface area contributed by atoms with Gasteiger partial charge in [0.05, 0.1) is 6.61 Å². The van der Waals surface area contributed by atoms with Gasteiger partial charge in [0.1, 0.15) is 5.82 Å². The number of nitrogens with zero attached hydrogens (tertiary/aromatic N) is 2. The molecule has 1 aromatic carbocycles. The first-order valence-electron chi connectivity index (χ1n) is 8.74. The zero-order valence-corrected chi connectivity index (χ0v) is 14.9. The number of halogens is 1. The Kier molecular flexibility index (Phi) is 4.81. The van der Waals surface area contributed by atoms with E-state index < -0.39 is 0 Å². The third-order valence-electron chi connectivity index (χ3n) is 5.43. The van der Waals surface area contributed by atoms with E-state index in [1.807, 2.05) is 13.1 Å². The maximum absolute atomic E-state index is 13.5. The van der Waals surface area contributed by atoms with Crippen LogP contribution in [0.25, 0.3) is 0 Å². The summed E-state index contributed by atoms with van der Waals surface area (Å²) in [6.07, 6.45) is 2.32. The fourth-order valence-electron chi connectivity index (χ4n) is 3.73. The van der Waals surface area contributed by atoms with Crippen molar-refractivity contribution in [1.82, 2.24) is 10.2 Å². The van der Waals surface area contributed by atoms with E-state index in [4.69, 9.17) is 4.74 Å². The monoisotopic (exact) mass is 333 g/mol. The second-order valence-electron chi connectivity index (χ2n) is 7.77. The average Bonchev–Trinajstić information content (AvgIpc) is 3.19. The molecule has 0 bridgehead atoms. The highest BCUT2D eigenvalue weighted by molar-refractivity contribution is 5.80. The van der Waals surface area contributed by atoms with E-state index in [0.29, 0.717) is 12.0 Å². The topological polar surface area (TPSA) is 36.9 Å². The molecule has 2 aliphatic heterocycles. The molecule has 0 aliphatic carbocycles. The van der Waals surface area contributed by atoms with Gasteiger partial charge in [0.2, 0.25) is 0 Å². The molecule has 0 amide bonds. The highest BCUT2D eigenvalue weighted by Crippen LogP contribution is 2.38. The quantitative estimate of drug-likeness (QED) is 0.683. The number of rotatable bonds is 3. The number of likely N-dealkylation sites (tertiary alicyclic amines) is 1. The lowest BCUT2D eigenvalue weighted by molar-refractivity contribution is 0.156. The van der Waals surface area contributed by atoms with Crippen molar-refractivity contribution in [3.8, 4) is 0 Å². The molecule has 1 spiro atoms. The highest BCUT2D eigenvalue weighted by atomic mass is 19.1. The Morgan fingerprint density at radius 1 is 1.42 bits per heavy atom. The van der Waals surface area contributed by atoms with Crippen molar-refractivity contribution in [1.29, 1.82) is 0 Å². The van der Waals surface area contributed by atoms with Gasteiger partial charge in [-0.1, -0.05) is 26.0 Å². The van der Waals surface area contributed by atoms with Crippen LogP contribution in [0.3, 0.4) is 0 Å². The number of guanidine groups is 1. The molecule has 4 nitrogen and oxygen atoms in total. The van der Waals surface area contributed by atoms with E-state index >= 15 is 0 Å². The van der Waals surface area contributed by atoms with Crippen LogP contribution < -0.4 is 5.32 Å². The molecule has 5 heteroatoms. The summed E-state index contributed by atoms with van der Waals surface area (Å²) in [6, 6.07) is 6.85. The van der Waals surface area contributed by atoms with Gasteiger partial charge in [0.25, 0.3) is 0 Å². The van der Waals surface area contributed by atoms with Gasteiger partial charge in [-0.3, -0.25) is 4.99 Å². The molecule has 1 unspecified atom stereocenters. The van der Waals surface area contributed by atoms with Crippen LogP contribution >= 0.6 is 0 Å². The molecular formula is C19H28FN3O. The van der Waals surface area contributed by atoms with Gasteiger partial charge < -0.3 is 15.0 Å². The highest BCUT2D eigenvalue weighted by Gasteiger charge is 2.42. The van der Waals surface area contributed by atoms with Crippen LogP contribution in [0, 0.1) is 11.2 Å². The lowest BCUT2D eigenvalue weighted by Crippen LogP contribution is -2.45. The zero-order chi connectivity index (χ0) is 17.2. The Morgan fingerprint density at radius 2 is 2.25 bits per heavy atom. The zero-order valence-electron chi connectivity index (χ0n) is 14.9. The summed E-state index contributed by atoms with van der Waals surface area (Å²) in [5, 5.41) is 3.49. The molecule has 2 aliphatic rings. The fraction of sp³-hybridized carbons (Fsp3) is 0.632. The minimum absolute atomic E-state index is 0.175. The number of ether oxygens (including phenoxy) is 1. The van der Waals surface area contributed by atoms with Gasteiger partial charge in [-0.25, -0.2) is 4.39 Å². The molecule has 2 fully saturated rings. The molecule has 0 radical (unpaired) electrons. The Bertz CT molecular complexity index is 608. The lowest BCUT2D eigenvalue weighted by atomic mass is 9.84. The van der Waals surface area contributed by atoms with Crippen molar-refractivity contribution in [2.75, 3.05) is 39.9 Å². The Morgan fingerprint density at radius 3 is 2.92 bits per heavy atom. The molecule has 1 aromatic rings. The van der Waals surface area contributed by atoms with Gasteiger partial charge in [-0.2, -0.15) is 0 Å². The number of hydrogen-bond donors (Lipinski definition) is 1. The van der Waals surface area contributed by atoms with Gasteiger partial charge >= 0.3 is 0 Å². The standard InChI is InChI=1S/C19H28FN3O/c1-18(2,15-5-4-6-16(20)11-15)12-22-17(21-3)23-9-7-19(13-23)8-10-24-14-19/h4-6,11H,7-10,12-14H2,1-3H3,(H,21,22). The van der Waals surface area contributed by atoms with Gasteiger partial charge in [0, 0.05) is 44.1 Å². The molecule has 1 N–H and O–H groups in total. The maximum Gasteiger partial charge on any atom is 0.193 e. The van der Waals surface area contributed by atoms with E-state index in [0.717, 1.165) is 44.2 Å². The summed E-state index contributed by atoms with van der Waals surface area (Å²) in [7, 11) is 1.83. The molecule has 3 rings (SSSR count). The molecule has 2 heterocycles. The van der Waals surface area contributed by atoms with Crippen LogP contribution in [-0.4, -0.2) is 50.8 Å². The smallest absolute Gasteiger partial charge is 0.193 e. The van der Waals surface area contributed by atoms with Crippen molar-refractivity contribution in [2.24, 2.45) is 10.4 Å². The van der Waals surface area contributed by atoms with Gasteiger partial charge in [0.15, 0.2) is 5.96 Å². The molecule has 132 valence electrons. The molecule has 24 heavy (non-hydrogen) atoms. The second-order valence-corrected chi connectivity index (χ2v) is 7.77. The normalized spacial score (nSPS) is 24.8. The SMILES string of the molecule is CN=C(NCC(C)(C)c1cccc(F)c1)N1CCC2(CCOC2)C1. The van der Waals surface area contributed by atoms with Crippen molar-refractivity contribution < 1.29 is 9.13 Å². The summed E-state index contributed by atoms with van der Waals surface area (Å²) < 4.78 is 19.1. The Labute approximate surface area is 144 Å². The minimum atomic E-state index is -0.187. The van der Waals surface area contributed by atoms with Crippen molar-refractivity contribution >= 4 is 5.96 Å². The predicted octanol–water partition coefficient (Wildman–Crippen LogP) is 2.79. The lowest BCUT2D eigenvalue weighted by Gasteiger charge is -2.30. The molecule has 2 saturated heterocycles. The first-order valence-corrected chi connectivity index (χ1v) is 8.74. The van der Waals surface area contributed by atoms with Gasteiger partial charge in [-0.05, 0) is 30.5 Å². The number of nitrogens with one attached hydrogen (secondary N) is 1. The van der Waals surface area contributed by atoms with Crippen LogP contribution in [0.15, 0.2) is 29.3 Å². The van der Waals surface area contributed by atoms with Crippen molar-refractivity contribution in [3.63, 3.8) is 0 Å². The van der Waals surface area contributed by atoms with Gasteiger partial charge in [-0.15, -0.1) is 0 Å².